The molecule has 0 radical (unpaired) electrons. The number of thiophene rings is 1. The Balaban J connectivity index is 1.24. The molecule has 1 aliphatic rings. The van der Waals surface area contributed by atoms with E-state index in [9.17, 15) is 9.59 Å². The van der Waals surface area contributed by atoms with Gasteiger partial charge in [0.1, 0.15) is 0 Å². The molecule has 194 valence electrons. The number of amides is 2. The fourth-order valence-corrected chi connectivity index (χ4v) is 5.26. The number of piperazine rings is 1. The molecular formula is C31H32N4O2S. The number of nitrogens with one attached hydrogen (secondary N) is 2. The minimum atomic E-state index is -0.137. The monoisotopic (exact) mass is 524 g/mol. The summed E-state index contributed by atoms with van der Waals surface area (Å²) >= 11 is 1.50. The van der Waals surface area contributed by atoms with Crippen molar-refractivity contribution in [3.8, 4) is 11.1 Å². The normalized spacial score (nSPS) is 14.3. The maximum atomic E-state index is 13.0. The number of hydrogen-bond donors (Lipinski definition) is 2. The lowest BCUT2D eigenvalue weighted by molar-refractivity contribution is 0.101. The second-order valence-electron chi connectivity index (χ2n) is 9.81. The van der Waals surface area contributed by atoms with Crippen LogP contribution < -0.4 is 10.6 Å². The summed E-state index contributed by atoms with van der Waals surface area (Å²) in [7, 11) is 2.16. The Labute approximate surface area is 227 Å². The quantitative estimate of drug-likeness (QED) is 0.312. The van der Waals surface area contributed by atoms with Crippen LogP contribution in [0.5, 0.6) is 0 Å². The van der Waals surface area contributed by atoms with Gasteiger partial charge >= 0.3 is 0 Å². The molecule has 1 fully saturated rings. The molecule has 0 aliphatic carbocycles. The molecule has 0 atom stereocenters. The largest absolute Gasteiger partial charge is 0.322 e. The van der Waals surface area contributed by atoms with Crippen LogP contribution in [-0.4, -0.2) is 54.8 Å². The molecule has 38 heavy (non-hydrogen) atoms. The molecule has 4 aromatic rings. The number of rotatable bonds is 7. The number of nitrogens with zero attached hydrogens (tertiary/aromatic N) is 2. The summed E-state index contributed by atoms with van der Waals surface area (Å²) < 4.78 is 0. The predicted octanol–water partition coefficient (Wildman–Crippen LogP) is 5.98. The van der Waals surface area contributed by atoms with Gasteiger partial charge in [-0.3, -0.25) is 14.5 Å². The van der Waals surface area contributed by atoms with E-state index in [1.807, 2.05) is 78.3 Å². The van der Waals surface area contributed by atoms with Gasteiger partial charge < -0.3 is 15.5 Å². The average Bonchev–Trinajstić information content (AvgIpc) is 3.47. The van der Waals surface area contributed by atoms with Crippen molar-refractivity contribution in [2.75, 3.05) is 43.9 Å². The SMILES string of the molecule is Cc1ccc(NC(=O)c2ccsc2)cc1-c1ccc(C(=O)Nc2cccc(CN3CCN(C)CC3)c2)cc1. The average molecular weight is 525 g/mol. The van der Waals surface area contributed by atoms with Gasteiger partial charge in [-0.05, 0) is 84.1 Å². The van der Waals surface area contributed by atoms with E-state index in [1.165, 1.54) is 16.9 Å². The van der Waals surface area contributed by atoms with Gasteiger partial charge in [-0.1, -0.05) is 30.3 Å². The molecule has 2 N–H and O–H groups in total. The van der Waals surface area contributed by atoms with E-state index in [-0.39, 0.29) is 11.8 Å². The smallest absolute Gasteiger partial charge is 0.256 e. The molecule has 5 rings (SSSR count). The van der Waals surface area contributed by atoms with E-state index in [4.69, 9.17) is 0 Å². The second kappa shape index (κ2) is 11.7. The van der Waals surface area contributed by atoms with E-state index >= 15 is 0 Å². The third kappa shape index (κ3) is 6.37. The summed E-state index contributed by atoms with van der Waals surface area (Å²) in [4.78, 5) is 30.2. The van der Waals surface area contributed by atoms with Gasteiger partial charge in [0.25, 0.3) is 11.8 Å². The van der Waals surface area contributed by atoms with Crippen molar-refractivity contribution in [1.29, 1.82) is 0 Å². The summed E-state index contributed by atoms with van der Waals surface area (Å²) in [6.07, 6.45) is 0. The van der Waals surface area contributed by atoms with E-state index in [2.05, 4.69) is 39.6 Å². The van der Waals surface area contributed by atoms with Crippen LogP contribution in [-0.2, 0) is 6.54 Å². The van der Waals surface area contributed by atoms with E-state index in [0.29, 0.717) is 11.1 Å². The van der Waals surface area contributed by atoms with Crippen LogP contribution in [0.2, 0.25) is 0 Å². The van der Waals surface area contributed by atoms with Gasteiger partial charge in [-0.15, -0.1) is 0 Å². The zero-order valence-corrected chi connectivity index (χ0v) is 22.6. The molecule has 2 heterocycles. The lowest BCUT2D eigenvalue weighted by Crippen LogP contribution is -2.43. The Kier molecular flexibility index (Phi) is 7.98. The molecule has 0 bridgehead atoms. The van der Waals surface area contributed by atoms with Gasteiger partial charge in [0, 0.05) is 55.0 Å². The highest BCUT2D eigenvalue weighted by molar-refractivity contribution is 7.08. The first-order chi connectivity index (χ1) is 18.4. The van der Waals surface area contributed by atoms with Crippen LogP contribution in [0, 0.1) is 6.92 Å². The van der Waals surface area contributed by atoms with Crippen molar-refractivity contribution >= 4 is 34.5 Å². The Hall–Kier alpha value is -3.78. The van der Waals surface area contributed by atoms with Crippen LogP contribution in [0.3, 0.4) is 0 Å². The Morgan fingerprint density at radius 1 is 0.816 bits per heavy atom. The number of carbonyl (C=O) groups excluding carboxylic acids is 2. The molecule has 1 aliphatic heterocycles. The molecule has 3 aromatic carbocycles. The number of benzene rings is 3. The third-order valence-electron chi connectivity index (χ3n) is 6.92. The first-order valence-corrected chi connectivity index (χ1v) is 13.7. The molecule has 0 saturated carbocycles. The van der Waals surface area contributed by atoms with Crippen LogP contribution in [0.4, 0.5) is 11.4 Å². The fraction of sp³-hybridized carbons (Fsp3) is 0.226. The zero-order valence-electron chi connectivity index (χ0n) is 21.7. The van der Waals surface area contributed by atoms with Crippen molar-refractivity contribution in [2.45, 2.75) is 13.5 Å². The van der Waals surface area contributed by atoms with Crippen molar-refractivity contribution < 1.29 is 9.59 Å². The Morgan fingerprint density at radius 3 is 2.24 bits per heavy atom. The minimum Gasteiger partial charge on any atom is -0.322 e. The van der Waals surface area contributed by atoms with Crippen LogP contribution in [0.15, 0.2) is 83.6 Å². The van der Waals surface area contributed by atoms with Crippen molar-refractivity contribution in [2.24, 2.45) is 0 Å². The van der Waals surface area contributed by atoms with Crippen molar-refractivity contribution in [3.05, 3.63) is 106 Å². The molecule has 7 heteroatoms. The molecule has 2 amide bonds. The summed E-state index contributed by atoms with van der Waals surface area (Å²) in [5.41, 5.74) is 7.07. The van der Waals surface area contributed by atoms with Crippen molar-refractivity contribution in [3.63, 3.8) is 0 Å². The standard InChI is InChI=1S/C31H32N4O2S/c1-22-6-11-28(33-31(37)26-12-17-38-21-26)19-29(22)24-7-9-25(10-8-24)30(36)32-27-5-3-4-23(18-27)20-35-15-13-34(2)14-16-35/h3-12,17-19,21H,13-16,20H2,1-2H3,(H,32,36)(H,33,37). The molecule has 6 nitrogen and oxygen atoms in total. The van der Waals surface area contributed by atoms with Gasteiger partial charge in [-0.2, -0.15) is 11.3 Å². The summed E-state index contributed by atoms with van der Waals surface area (Å²) in [5, 5.41) is 9.73. The van der Waals surface area contributed by atoms with E-state index in [0.717, 1.165) is 60.8 Å². The number of likely N-dealkylation sites (N-methyl/N-ethyl adjacent to an activating group) is 1. The number of anilines is 2. The van der Waals surface area contributed by atoms with E-state index < -0.39 is 0 Å². The van der Waals surface area contributed by atoms with Gasteiger partial charge in [0.2, 0.25) is 0 Å². The van der Waals surface area contributed by atoms with Gasteiger partial charge in [0.05, 0.1) is 5.56 Å². The third-order valence-corrected chi connectivity index (χ3v) is 7.61. The lowest BCUT2D eigenvalue weighted by atomic mass is 9.98. The van der Waals surface area contributed by atoms with Crippen LogP contribution in [0.1, 0.15) is 31.8 Å². The van der Waals surface area contributed by atoms with E-state index in [1.54, 1.807) is 0 Å². The number of hydrogen-bond acceptors (Lipinski definition) is 5. The molecule has 1 saturated heterocycles. The summed E-state index contributed by atoms with van der Waals surface area (Å²) in [5.74, 6) is -0.262. The van der Waals surface area contributed by atoms with Gasteiger partial charge in [0.15, 0.2) is 0 Å². The molecule has 0 spiro atoms. The summed E-state index contributed by atoms with van der Waals surface area (Å²) in [6.45, 7) is 7.21. The highest BCUT2D eigenvalue weighted by atomic mass is 32.1. The highest BCUT2D eigenvalue weighted by Gasteiger charge is 2.15. The van der Waals surface area contributed by atoms with Crippen LogP contribution in [0.25, 0.3) is 11.1 Å². The lowest BCUT2D eigenvalue weighted by Gasteiger charge is -2.32. The van der Waals surface area contributed by atoms with Crippen molar-refractivity contribution in [1.82, 2.24) is 9.80 Å². The van der Waals surface area contributed by atoms with Crippen LogP contribution >= 0.6 is 11.3 Å². The zero-order chi connectivity index (χ0) is 26.5. The van der Waals surface area contributed by atoms with Gasteiger partial charge in [-0.25, -0.2) is 0 Å². The first kappa shape index (κ1) is 25.9. The molecule has 0 unspecified atom stereocenters. The maximum Gasteiger partial charge on any atom is 0.256 e. The summed E-state index contributed by atoms with van der Waals surface area (Å²) in [6, 6.07) is 23.4. The number of aryl methyl sites for hydroxylation is 1. The predicted molar refractivity (Wildman–Crippen MR) is 156 cm³/mol. The topological polar surface area (TPSA) is 64.7 Å². The second-order valence-corrected chi connectivity index (χ2v) is 10.6. The Morgan fingerprint density at radius 2 is 1.53 bits per heavy atom. The number of carbonyl (C=O) groups is 2. The first-order valence-electron chi connectivity index (χ1n) is 12.8. The fourth-order valence-electron chi connectivity index (χ4n) is 4.62. The Bertz CT molecular complexity index is 1410. The minimum absolute atomic E-state index is 0.124. The highest BCUT2D eigenvalue weighted by Crippen LogP contribution is 2.28. The maximum absolute atomic E-state index is 13.0. The molecular weight excluding hydrogens is 492 g/mol. The molecule has 1 aromatic heterocycles.